The van der Waals surface area contributed by atoms with Crippen molar-refractivity contribution in [2.24, 2.45) is 0 Å². The first-order valence-corrected chi connectivity index (χ1v) is 7.33. The predicted molar refractivity (Wildman–Crippen MR) is 89.6 cm³/mol. The van der Waals surface area contributed by atoms with E-state index < -0.39 is 5.97 Å². The molecular weight excluding hydrogens is 288 g/mol. The summed E-state index contributed by atoms with van der Waals surface area (Å²) in [6.07, 6.45) is 0. The summed E-state index contributed by atoms with van der Waals surface area (Å²) >= 11 is 0. The van der Waals surface area contributed by atoms with E-state index in [2.05, 4.69) is 0 Å². The third-order valence-corrected chi connectivity index (χ3v) is 3.57. The van der Waals surface area contributed by atoms with Gasteiger partial charge in [-0.3, -0.25) is 0 Å². The van der Waals surface area contributed by atoms with Gasteiger partial charge in [0.15, 0.2) is 0 Å². The van der Waals surface area contributed by atoms with Crippen molar-refractivity contribution in [3.63, 3.8) is 0 Å². The minimum absolute atomic E-state index is 0.274. The maximum Gasteiger partial charge on any atom is 0.335 e. The van der Waals surface area contributed by atoms with Gasteiger partial charge in [-0.25, -0.2) is 4.79 Å². The summed E-state index contributed by atoms with van der Waals surface area (Å²) < 4.78 is 5.94. The third-order valence-electron chi connectivity index (χ3n) is 3.57. The van der Waals surface area contributed by atoms with Crippen LogP contribution in [0.1, 0.15) is 15.9 Å². The molecule has 0 atom stereocenters. The van der Waals surface area contributed by atoms with Crippen LogP contribution in [0.5, 0.6) is 5.75 Å². The average molecular weight is 304 g/mol. The Hall–Kier alpha value is -3.07. The summed E-state index contributed by atoms with van der Waals surface area (Å²) in [5.74, 6) is -0.149. The van der Waals surface area contributed by atoms with Crippen molar-refractivity contribution < 1.29 is 14.6 Å². The molecule has 3 aromatic rings. The van der Waals surface area contributed by atoms with Gasteiger partial charge in [-0.15, -0.1) is 0 Å². The average Bonchev–Trinajstić information content (AvgIpc) is 2.61. The first-order chi connectivity index (χ1) is 11.2. The predicted octanol–water partition coefficient (Wildman–Crippen LogP) is 4.63. The van der Waals surface area contributed by atoms with Crippen LogP contribution in [0.15, 0.2) is 78.9 Å². The fourth-order valence-electron chi connectivity index (χ4n) is 2.36. The Balaban J connectivity index is 1.84. The number of hydrogen-bond acceptors (Lipinski definition) is 2. The Labute approximate surface area is 134 Å². The van der Waals surface area contributed by atoms with E-state index in [1.165, 1.54) is 0 Å². The van der Waals surface area contributed by atoms with Gasteiger partial charge in [0.05, 0.1) is 5.56 Å². The van der Waals surface area contributed by atoms with E-state index in [0.29, 0.717) is 6.61 Å². The highest BCUT2D eigenvalue weighted by atomic mass is 16.5. The Morgan fingerprint density at radius 2 is 1.48 bits per heavy atom. The number of para-hydroxylation sites is 1. The van der Waals surface area contributed by atoms with E-state index in [1.807, 2.05) is 54.6 Å². The fraction of sp³-hybridized carbons (Fsp3) is 0.0500. The Morgan fingerprint density at radius 3 is 2.17 bits per heavy atom. The number of carbonyl (C=O) groups is 1. The highest BCUT2D eigenvalue weighted by Crippen LogP contribution is 2.30. The molecule has 0 bridgehead atoms. The Kier molecular flexibility index (Phi) is 4.39. The SMILES string of the molecule is O=C(O)c1ccc(-c2ccccc2OCc2ccccc2)cc1. The summed E-state index contributed by atoms with van der Waals surface area (Å²) in [5, 5.41) is 8.99. The van der Waals surface area contributed by atoms with Crippen LogP contribution in [0.25, 0.3) is 11.1 Å². The largest absolute Gasteiger partial charge is 0.488 e. The summed E-state index contributed by atoms with van der Waals surface area (Å²) in [6.45, 7) is 0.491. The maximum atomic E-state index is 11.0. The van der Waals surface area contributed by atoms with Gasteiger partial charge in [0, 0.05) is 5.56 Å². The molecule has 0 amide bonds. The minimum Gasteiger partial charge on any atom is -0.488 e. The molecule has 0 aliphatic rings. The molecule has 3 heteroatoms. The molecule has 23 heavy (non-hydrogen) atoms. The standard InChI is InChI=1S/C20H16O3/c21-20(22)17-12-10-16(11-13-17)18-8-4-5-9-19(18)23-14-15-6-2-1-3-7-15/h1-13H,14H2,(H,21,22). The molecule has 0 saturated carbocycles. The molecule has 3 aromatic carbocycles. The lowest BCUT2D eigenvalue weighted by molar-refractivity contribution is 0.0697. The molecule has 1 N–H and O–H groups in total. The number of carboxylic acids is 1. The van der Waals surface area contributed by atoms with E-state index in [4.69, 9.17) is 9.84 Å². The van der Waals surface area contributed by atoms with Gasteiger partial charge >= 0.3 is 5.97 Å². The summed E-state index contributed by atoms with van der Waals surface area (Å²) in [5.41, 5.74) is 3.25. The summed E-state index contributed by atoms with van der Waals surface area (Å²) in [4.78, 5) is 11.0. The number of ether oxygens (including phenoxy) is 1. The van der Waals surface area contributed by atoms with Gasteiger partial charge < -0.3 is 9.84 Å². The van der Waals surface area contributed by atoms with Crippen LogP contribution in [0.2, 0.25) is 0 Å². The molecule has 0 aromatic heterocycles. The molecule has 0 radical (unpaired) electrons. The first kappa shape index (κ1) is 14.9. The zero-order chi connectivity index (χ0) is 16.1. The van der Waals surface area contributed by atoms with E-state index in [1.54, 1.807) is 24.3 Å². The van der Waals surface area contributed by atoms with Gasteiger partial charge in [-0.05, 0) is 29.3 Å². The second kappa shape index (κ2) is 6.79. The van der Waals surface area contributed by atoms with Gasteiger partial charge in [0.1, 0.15) is 12.4 Å². The molecule has 0 unspecified atom stereocenters. The van der Waals surface area contributed by atoms with E-state index in [9.17, 15) is 4.79 Å². The summed E-state index contributed by atoms with van der Waals surface area (Å²) in [7, 11) is 0. The second-order valence-corrected chi connectivity index (χ2v) is 5.15. The fourth-order valence-corrected chi connectivity index (χ4v) is 2.36. The van der Waals surface area contributed by atoms with Gasteiger partial charge in [-0.1, -0.05) is 60.7 Å². The molecule has 0 saturated heterocycles. The molecule has 0 aliphatic carbocycles. The van der Waals surface area contributed by atoms with Crippen LogP contribution in [-0.2, 0) is 6.61 Å². The number of aromatic carboxylic acids is 1. The maximum absolute atomic E-state index is 11.0. The molecule has 3 nitrogen and oxygen atoms in total. The molecule has 114 valence electrons. The topological polar surface area (TPSA) is 46.5 Å². The molecule has 0 spiro atoms. The first-order valence-electron chi connectivity index (χ1n) is 7.33. The van der Waals surface area contributed by atoms with E-state index in [0.717, 1.165) is 22.4 Å². The van der Waals surface area contributed by atoms with Crippen LogP contribution in [0, 0.1) is 0 Å². The van der Waals surface area contributed by atoms with Crippen molar-refractivity contribution in [2.45, 2.75) is 6.61 Å². The quantitative estimate of drug-likeness (QED) is 0.747. The van der Waals surface area contributed by atoms with Crippen LogP contribution in [0.3, 0.4) is 0 Å². The number of benzene rings is 3. The Bertz CT molecular complexity index is 793. The highest BCUT2D eigenvalue weighted by Gasteiger charge is 2.08. The van der Waals surface area contributed by atoms with Gasteiger partial charge in [0.25, 0.3) is 0 Å². The summed E-state index contributed by atoms with van der Waals surface area (Å²) in [6, 6.07) is 24.5. The third kappa shape index (κ3) is 3.58. The van der Waals surface area contributed by atoms with Crippen molar-refractivity contribution in [2.75, 3.05) is 0 Å². The lowest BCUT2D eigenvalue weighted by Gasteiger charge is -2.12. The van der Waals surface area contributed by atoms with E-state index >= 15 is 0 Å². The van der Waals surface area contributed by atoms with Crippen LogP contribution in [-0.4, -0.2) is 11.1 Å². The number of carboxylic acid groups (broad SMARTS) is 1. The molecular formula is C20H16O3. The van der Waals surface area contributed by atoms with Crippen LogP contribution >= 0.6 is 0 Å². The van der Waals surface area contributed by atoms with Gasteiger partial charge in [0.2, 0.25) is 0 Å². The van der Waals surface area contributed by atoms with Gasteiger partial charge in [-0.2, -0.15) is 0 Å². The van der Waals surface area contributed by atoms with Crippen molar-refractivity contribution in [3.8, 4) is 16.9 Å². The molecule has 0 aliphatic heterocycles. The van der Waals surface area contributed by atoms with Crippen molar-refractivity contribution in [1.29, 1.82) is 0 Å². The normalized spacial score (nSPS) is 10.3. The zero-order valence-electron chi connectivity index (χ0n) is 12.5. The lowest BCUT2D eigenvalue weighted by Crippen LogP contribution is -1.97. The minimum atomic E-state index is -0.926. The monoisotopic (exact) mass is 304 g/mol. The smallest absolute Gasteiger partial charge is 0.335 e. The lowest BCUT2D eigenvalue weighted by atomic mass is 10.0. The van der Waals surface area contributed by atoms with Crippen LogP contribution in [0.4, 0.5) is 0 Å². The number of rotatable bonds is 5. The van der Waals surface area contributed by atoms with Crippen molar-refractivity contribution >= 4 is 5.97 Å². The molecule has 3 rings (SSSR count). The second-order valence-electron chi connectivity index (χ2n) is 5.15. The van der Waals surface area contributed by atoms with E-state index in [-0.39, 0.29) is 5.56 Å². The number of hydrogen-bond donors (Lipinski definition) is 1. The van der Waals surface area contributed by atoms with Crippen molar-refractivity contribution in [1.82, 2.24) is 0 Å². The van der Waals surface area contributed by atoms with Crippen molar-refractivity contribution in [3.05, 3.63) is 90.0 Å². The Morgan fingerprint density at radius 1 is 0.826 bits per heavy atom. The molecule has 0 fully saturated rings. The molecule has 0 heterocycles. The zero-order valence-corrected chi connectivity index (χ0v) is 12.5. The van der Waals surface area contributed by atoms with Crippen LogP contribution < -0.4 is 4.74 Å². The highest BCUT2D eigenvalue weighted by molar-refractivity contribution is 5.88.